The summed E-state index contributed by atoms with van der Waals surface area (Å²) in [5, 5.41) is 12.1. The largest absolute Gasteiger partial charge is 0.481 e. The maximum atomic E-state index is 12.8. The van der Waals surface area contributed by atoms with Crippen molar-refractivity contribution >= 4 is 21.9 Å². The molecule has 0 spiro atoms. The summed E-state index contributed by atoms with van der Waals surface area (Å²) in [5.74, 6) is -1.44. The molecule has 0 heterocycles. The van der Waals surface area contributed by atoms with E-state index >= 15 is 0 Å². The Bertz CT molecular complexity index is 781. The molecule has 0 atom stereocenters. The van der Waals surface area contributed by atoms with Crippen LogP contribution in [0, 0.1) is 12.3 Å². The van der Waals surface area contributed by atoms with Crippen molar-refractivity contribution in [2.24, 2.45) is 5.41 Å². The van der Waals surface area contributed by atoms with Crippen molar-refractivity contribution in [3.8, 4) is 0 Å². The SMILES string of the molecule is CCN(CC)S(=O)(=O)c1cc(C(=O)NCC(CC)(CC)C(=O)O)ccc1C. The fourth-order valence-corrected chi connectivity index (χ4v) is 4.66. The lowest BCUT2D eigenvalue weighted by Crippen LogP contribution is -2.42. The standard InChI is InChI=1S/C19H30N2O5S/c1-6-19(7-2,18(23)24)13-20-17(22)15-11-10-14(5)16(12-15)27(25,26)21(8-3)9-4/h10-12H,6-9,13H2,1-5H3,(H,20,22)(H,23,24). The van der Waals surface area contributed by atoms with Gasteiger partial charge in [-0.3, -0.25) is 9.59 Å². The van der Waals surface area contributed by atoms with Crippen LogP contribution in [0.3, 0.4) is 0 Å². The van der Waals surface area contributed by atoms with Crippen molar-refractivity contribution < 1.29 is 23.1 Å². The fourth-order valence-electron chi connectivity index (χ4n) is 2.95. The Balaban J connectivity index is 3.16. The van der Waals surface area contributed by atoms with Gasteiger partial charge >= 0.3 is 5.97 Å². The molecule has 7 nitrogen and oxygen atoms in total. The number of sulfonamides is 1. The zero-order chi connectivity index (χ0) is 20.8. The average molecular weight is 399 g/mol. The summed E-state index contributed by atoms with van der Waals surface area (Å²) in [5.41, 5.74) is -0.283. The maximum absolute atomic E-state index is 12.8. The highest BCUT2D eigenvalue weighted by molar-refractivity contribution is 7.89. The number of carbonyl (C=O) groups is 2. The number of carboxylic acid groups (broad SMARTS) is 1. The van der Waals surface area contributed by atoms with Crippen LogP contribution >= 0.6 is 0 Å². The highest BCUT2D eigenvalue weighted by Crippen LogP contribution is 2.26. The number of aliphatic carboxylic acids is 1. The van der Waals surface area contributed by atoms with E-state index in [0.717, 1.165) is 0 Å². The number of carbonyl (C=O) groups excluding carboxylic acids is 1. The Morgan fingerprint density at radius 1 is 1.11 bits per heavy atom. The predicted octanol–water partition coefficient (Wildman–Crippen LogP) is 2.65. The van der Waals surface area contributed by atoms with Crippen molar-refractivity contribution in [1.82, 2.24) is 9.62 Å². The normalized spacial score (nSPS) is 12.2. The van der Waals surface area contributed by atoms with E-state index in [-0.39, 0.29) is 17.0 Å². The Kier molecular flexibility index (Phi) is 7.98. The third-order valence-electron chi connectivity index (χ3n) is 5.17. The summed E-state index contributed by atoms with van der Waals surface area (Å²) in [4.78, 5) is 24.2. The second-order valence-corrected chi connectivity index (χ2v) is 8.45. The van der Waals surface area contributed by atoms with Gasteiger partial charge in [-0.15, -0.1) is 0 Å². The number of nitrogens with zero attached hydrogens (tertiary/aromatic N) is 1. The molecular formula is C19H30N2O5S. The Labute approximate surface area is 161 Å². The van der Waals surface area contributed by atoms with E-state index in [4.69, 9.17) is 0 Å². The Hall–Kier alpha value is -1.93. The van der Waals surface area contributed by atoms with E-state index in [2.05, 4.69) is 5.32 Å². The summed E-state index contributed by atoms with van der Waals surface area (Å²) >= 11 is 0. The molecule has 1 rings (SSSR count). The highest BCUT2D eigenvalue weighted by Gasteiger charge is 2.35. The molecule has 8 heteroatoms. The lowest BCUT2D eigenvalue weighted by atomic mass is 9.82. The van der Waals surface area contributed by atoms with Gasteiger partial charge in [0.1, 0.15) is 0 Å². The molecule has 1 amide bonds. The first-order valence-electron chi connectivity index (χ1n) is 9.22. The average Bonchev–Trinajstić information content (AvgIpc) is 2.63. The molecule has 1 aromatic carbocycles. The second kappa shape index (κ2) is 9.32. The van der Waals surface area contributed by atoms with Crippen LogP contribution in [0.2, 0.25) is 0 Å². The summed E-state index contributed by atoms with van der Waals surface area (Å²) < 4.78 is 26.9. The van der Waals surface area contributed by atoms with Gasteiger partial charge in [-0.1, -0.05) is 33.8 Å². The van der Waals surface area contributed by atoms with E-state index in [1.54, 1.807) is 46.8 Å². The molecule has 0 bridgehead atoms. The predicted molar refractivity (Wildman–Crippen MR) is 104 cm³/mol. The number of benzene rings is 1. The third kappa shape index (κ3) is 4.87. The molecule has 0 aromatic heterocycles. The van der Waals surface area contributed by atoms with Crippen LogP contribution in [0.4, 0.5) is 0 Å². The topological polar surface area (TPSA) is 104 Å². The zero-order valence-electron chi connectivity index (χ0n) is 16.7. The first kappa shape index (κ1) is 23.1. The van der Waals surface area contributed by atoms with Crippen molar-refractivity contribution in [2.45, 2.75) is 52.4 Å². The number of amides is 1. The molecular weight excluding hydrogens is 368 g/mol. The molecule has 2 N–H and O–H groups in total. The third-order valence-corrected chi connectivity index (χ3v) is 7.36. The van der Waals surface area contributed by atoms with Crippen LogP contribution in [0.15, 0.2) is 23.1 Å². The Morgan fingerprint density at radius 2 is 1.67 bits per heavy atom. The summed E-state index contributed by atoms with van der Waals surface area (Å²) in [6.07, 6.45) is 0.767. The van der Waals surface area contributed by atoms with Gasteiger partial charge in [-0.05, 0) is 37.5 Å². The number of rotatable bonds is 10. The van der Waals surface area contributed by atoms with Crippen LogP contribution in [0.25, 0.3) is 0 Å². The van der Waals surface area contributed by atoms with Crippen LogP contribution in [0.1, 0.15) is 56.5 Å². The molecule has 0 fully saturated rings. The number of aryl methyl sites for hydroxylation is 1. The van der Waals surface area contributed by atoms with Crippen molar-refractivity contribution in [1.29, 1.82) is 0 Å². The van der Waals surface area contributed by atoms with Crippen molar-refractivity contribution in [3.05, 3.63) is 29.3 Å². The molecule has 27 heavy (non-hydrogen) atoms. The van der Waals surface area contributed by atoms with E-state index in [1.807, 2.05) is 0 Å². The lowest BCUT2D eigenvalue weighted by Gasteiger charge is -2.27. The monoisotopic (exact) mass is 398 g/mol. The quantitative estimate of drug-likeness (QED) is 0.630. The minimum absolute atomic E-state index is 0.0137. The smallest absolute Gasteiger partial charge is 0.311 e. The minimum Gasteiger partial charge on any atom is -0.481 e. The van der Waals surface area contributed by atoms with E-state index in [1.165, 1.54) is 10.4 Å². The fraction of sp³-hybridized carbons (Fsp3) is 0.579. The van der Waals surface area contributed by atoms with E-state index < -0.39 is 27.3 Å². The van der Waals surface area contributed by atoms with Crippen LogP contribution in [-0.4, -0.2) is 49.3 Å². The number of nitrogens with one attached hydrogen (secondary N) is 1. The first-order chi connectivity index (χ1) is 12.6. The second-order valence-electron chi connectivity index (χ2n) is 6.54. The van der Waals surface area contributed by atoms with E-state index in [9.17, 15) is 23.1 Å². The van der Waals surface area contributed by atoms with Crippen molar-refractivity contribution in [3.63, 3.8) is 0 Å². The summed E-state index contributed by atoms with van der Waals surface area (Å²) in [7, 11) is -3.69. The molecule has 0 unspecified atom stereocenters. The van der Waals surface area contributed by atoms with Gasteiger partial charge in [0, 0.05) is 25.2 Å². The number of hydrogen-bond donors (Lipinski definition) is 2. The van der Waals surface area contributed by atoms with Gasteiger partial charge in [0.25, 0.3) is 5.91 Å². The molecule has 1 aromatic rings. The van der Waals surface area contributed by atoms with Crippen LogP contribution < -0.4 is 5.32 Å². The van der Waals surface area contributed by atoms with Gasteiger partial charge in [-0.2, -0.15) is 4.31 Å². The summed E-state index contributed by atoms with van der Waals surface area (Å²) in [6.45, 7) is 9.39. The molecule has 0 radical (unpaired) electrons. The molecule has 0 aliphatic carbocycles. The van der Waals surface area contributed by atoms with Gasteiger partial charge in [0.2, 0.25) is 10.0 Å². The molecule has 0 aliphatic heterocycles. The van der Waals surface area contributed by atoms with Gasteiger partial charge in [0.15, 0.2) is 0 Å². The molecule has 0 saturated carbocycles. The Morgan fingerprint density at radius 3 is 2.11 bits per heavy atom. The highest BCUT2D eigenvalue weighted by atomic mass is 32.2. The van der Waals surface area contributed by atoms with E-state index in [0.29, 0.717) is 31.5 Å². The lowest BCUT2D eigenvalue weighted by molar-refractivity contribution is -0.149. The van der Waals surface area contributed by atoms with Gasteiger partial charge in [0.05, 0.1) is 10.3 Å². The van der Waals surface area contributed by atoms with Gasteiger partial charge < -0.3 is 10.4 Å². The van der Waals surface area contributed by atoms with Crippen LogP contribution in [-0.2, 0) is 14.8 Å². The number of hydrogen-bond acceptors (Lipinski definition) is 4. The molecule has 152 valence electrons. The van der Waals surface area contributed by atoms with Crippen LogP contribution in [0.5, 0.6) is 0 Å². The zero-order valence-corrected chi connectivity index (χ0v) is 17.5. The molecule has 0 aliphatic rings. The number of carboxylic acids is 1. The van der Waals surface area contributed by atoms with Gasteiger partial charge in [-0.25, -0.2) is 8.42 Å². The minimum atomic E-state index is -3.69. The summed E-state index contributed by atoms with van der Waals surface area (Å²) in [6, 6.07) is 4.50. The van der Waals surface area contributed by atoms with Crippen molar-refractivity contribution in [2.75, 3.05) is 19.6 Å². The maximum Gasteiger partial charge on any atom is 0.311 e. The first-order valence-corrected chi connectivity index (χ1v) is 10.7. The molecule has 0 saturated heterocycles.